The van der Waals surface area contributed by atoms with E-state index in [1.165, 1.54) is 0 Å². The molecule has 0 aliphatic heterocycles. The van der Waals surface area contributed by atoms with Crippen LogP contribution < -0.4 is 11.3 Å². The van der Waals surface area contributed by atoms with Crippen LogP contribution in [0.5, 0.6) is 0 Å². The highest BCUT2D eigenvalue weighted by Gasteiger charge is 2.37. The number of aryl methyl sites for hydroxylation is 2. The average Bonchev–Trinajstić information content (AvgIpc) is 2.66. The molecule has 0 aliphatic carbocycles. The Balaban J connectivity index is 2.89. The first-order valence-corrected chi connectivity index (χ1v) is 5.88. The van der Waals surface area contributed by atoms with E-state index < -0.39 is 11.4 Å². The van der Waals surface area contributed by atoms with E-state index in [2.05, 4.69) is 5.10 Å². The van der Waals surface area contributed by atoms with Gasteiger partial charge in [-0.2, -0.15) is 13.9 Å². The maximum Gasteiger partial charge on any atom is 0.338 e. The molecule has 0 aromatic carbocycles. The number of nitrogens with one attached hydrogen (secondary N) is 1. The van der Waals surface area contributed by atoms with Gasteiger partial charge in [-0.3, -0.25) is 10.5 Å². The van der Waals surface area contributed by atoms with Crippen molar-refractivity contribution < 1.29 is 8.78 Å². The highest BCUT2D eigenvalue weighted by atomic mass is 35.5. The molecular weight excluding hydrogens is 250 g/mol. The number of halogens is 3. The van der Waals surface area contributed by atoms with E-state index in [-0.39, 0.29) is 6.42 Å². The summed E-state index contributed by atoms with van der Waals surface area (Å²) in [6, 6.07) is 0.493. The van der Waals surface area contributed by atoms with Gasteiger partial charge in [0.25, 0.3) is 0 Å². The Kier molecular flexibility index (Phi) is 4.85. The van der Waals surface area contributed by atoms with Crippen LogP contribution in [-0.2, 0) is 19.4 Å². The molecule has 17 heavy (non-hydrogen) atoms. The lowest BCUT2D eigenvalue weighted by atomic mass is 10.1. The number of aromatic nitrogens is 2. The number of hydrazine groups is 1. The zero-order valence-corrected chi connectivity index (χ0v) is 10.6. The number of nitrogens with two attached hydrogens (primary N) is 1. The van der Waals surface area contributed by atoms with Crippen molar-refractivity contribution in [2.75, 3.05) is 0 Å². The summed E-state index contributed by atoms with van der Waals surface area (Å²) >= 11 is 4.98. The molecule has 0 fully saturated rings. The summed E-state index contributed by atoms with van der Waals surface area (Å²) < 4.78 is 27.7. The third-order valence-corrected chi connectivity index (χ3v) is 2.85. The van der Waals surface area contributed by atoms with Crippen molar-refractivity contribution in [2.24, 2.45) is 5.84 Å². The normalized spacial score (nSPS) is 14.0. The second-order valence-electron chi connectivity index (χ2n) is 3.76. The van der Waals surface area contributed by atoms with Gasteiger partial charge in [-0.1, -0.05) is 6.92 Å². The molecule has 1 unspecified atom stereocenters. The maximum absolute atomic E-state index is 13.0. The van der Waals surface area contributed by atoms with Crippen LogP contribution in [0.3, 0.4) is 0 Å². The monoisotopic (exact) mass is 266 g/mol. The van der Waals surface area contributed by atoms with Crippen molar-refractivity contribution in [3.63, 3.8) is 0 Å². The lowest BCUT2D eigenvalue weighted by Crippen LogP contribution is -2.47. The Morgan fingerprint density at radius 1 is 1.59 bits per heavy atom. The summed E-state index contributed by atoms with van der Waals surface area (Å²) in [7, 11) is 0. The van der Waals surface area contributed by atoms with Crippen molar-refractivity contribution in [3.8, 4) is 0 Å². The van der Waals surface area contributed by atoms with Gasteiger partial charge in [0, 0.05) is 18.7 Å². The number of nitrogens with zero attached hydrogens (tertiary/aromatic N) is 2. The second-order valence-corrected chi connectivity index (χ2v) is 4.27. The van der Waals surface area contributed by atoms with Crippen LogP contribution in [0.4, 0.5) is 8.78 Å². The highest BCUT2D eigenvalue weighted by Crippen LogP contribution is 2.25. The molecule has 3 N–H and O–H groups in total. The summed E-state index contributed by atoms with van der Waals surface area (Å²) in [5, 5.41) is 0.892. The van der Waals surface area contributed by atoms with Gasteiger partial charge in [0.2, 0.25) is 0 Å². The zero-order chi connectivity index (χ0) is 13.1. The van der Waals surface area contributed by atoms with E-state index >= 15 is 0 Å². The Hall–Kier alpha value is -0.720. The van der Waals surface area contributed by atoms with Crippen LogP contribution in [0.1, 0.15) is 25.2 Å². The van der Waals surface area contributed by atoms with Gasteiger partial charge >= 0.3 is 5.38 Å². The fourth-order valence-electron chi connectivity index (χ4n) is 1.60. The van der Waals surface area contributed by atoms with E-state index in [4.69, 9.17) is 17.4 Å². The molecule has 0 aliphatic rings. The molecular formula is C10H17ClF2N4. The smallest absolute Gasteiger partial charge is 0.271 e. The first kappa shape index (κ1) is 14.3. The van der Waals surface area contributed by atoms with Gasteiger partial charge in [-0.25, -0.2) is 5.43 Å². The summed E-state index contributed by atoms with van der Waals surface area (Å²) in [6.45, 7) is 4.49. The van der Waals surface area contributed by atoms with Gasteiger partial charge in [0.05, 0.1) is 5.69 Å². The summed E-state index contributed by atoms with van der Waals surface area (Å²) in [5.74, 6) is 5.09. The van der Waals surface area contributed by atoms with Gasteiger partial charge in [0.1, 0.15) is 6.04 Å². The molecule has 4 nitrogen and oxygen atoms in total. The molecule has 7 heteroatoms. The Morgan fingerprint density at radius 2 is 2.24 bits per heavy atom. The summed E-state index contributed by atoms with van der Waals surface area (Å²) in [4.78, 5) is 0. The number of rotatable bonds is 6. The third kappa shape index (κ3) is 3.62. The third-order valence-electron chi connectivity index (χ3n) is 2.59. The number of hydrogen-bond acceptors (Lipinski definition) is 3. The molecule has 0 spiro atoms. The first-order valence-electron chi connectivity index (χ1n) is 5.50. The van der Waals surface area contributed by atoms with Gasteiger partial charge < -0.3 is 0 Å². The van der Waals surface area contributed by atoms with Crippen molar-refractivity contribution in [1.82, 2.24) is 15.2 Å². The first-order chi connectivity index (χ1) is 7.92. The van der Waals surface area contributed by atoms with E-state index in [0.29, 0.717) is 12.2 Å². The minimum atomic E-state index is -3.38. The molecule has 0 bridgehead atoms. The molecule has 0 saturated heterocycles. The van der Waals surface area contributed by atoms with Crippen molar-refractivity contribution in [2.45, 2.75) is 44.7 Å². The Morgan fingerprint density at radius 3 is 2.65 bits per heavy atom. The topological polar surface area (TPSA) is 55.9 Å². The summed E-state index contributed by atoms with van der Waals surface area (Å²) in [5.41, 5.74) is 3.62. The maximum atomic E-state index is 13.0. The molecule has 98 valence electrons. The molecule has 1 aromatic rings. The number of alkyl halides is 3. The minimum absolute atomic E-state index is 0.0356. The van der Waals surface area contributed by atoms with Gasteiger partial charge in [0.15, 0.2) is 0 Å². The fourth-order valence-corrected chi connectivity index (χ4v) is 1.74. The van der Waals surface area contributed by atoms with Crippen LogP contribution >= 0.6 is 11.6 Å². The predicted octanol–water partition coefficient (Wildman–Crippen LogP) is 1.67. The van der Waals surface area contributed by atoms with Crippen molar-refractivity contribution >= 4 is 11.6 Å². The van der Waals surface area contributed by atoms with E-state index in [1.807, 2.05) is 19.3 Å². The van der Waals surface area contributed by atoms with Crippen LogP contribution in [0, 0.1) is 0 Å². The standard InChI is InChI=1S/C10H17ClF2N4/c1-3-7-5-8(17(4-2)16-7)6-9(15-14)10(11,12)13/h5,9,15H,3-4,6,14H2,1-2H3. The SMILES string of the molecule is CCc1cc(CC(NN)C(F)(F)Cl)n(CC)n1. The van der Waals surface area contributed by atoms with Gasteiger partial charge in [-0.05, 0) is 31.0 Å². The van der Waals surface area contributed by atoms with Crippen LogP contribution in [0.25, 0.3) is 0 Å². The number of hydrogen-bond donors (Lipinski definition) is 2. The van der Waals surface area contributed by atoms with Gasteiger partial charge in [-0.15, -0.1) is 0 Å². The molecule has 1 rings (SSSR count). The molecule has 0 radical (unpaired) electrons. The fraction of sp³-hybridized carbons (Fsp3) is 0.700. The van der Waals surface area contributed by atoms with E-state index in [1.54, 1.807) is 10.7 Å². The van der Waals surface area contributed by atoms with Crippen molar-refractivity contribution in [3.05, 3.63) is 17.5 Å². The Bertz CT molecular complexity index is 362. The molecule has 0 saturated carbocycles. The second kappa shape index (κ2) is 5.75. The summed E-state index contributed by atoms with van der Waals surface area (Å²) in [6.07, 6.45) is 0.797. The predicted molar refractivity (Wildman–Crippen MR) is 62.9 cm³/mol. The lowest BCUT2D eigenvalue weighted by Gasteiger charge is -2.20. The quantitative estimate of drug-likeness (QED) is 0.468. The minimum Gasteiger partial charge on any atom is -0.271 e. The van der Waals surface area contributed by atoms with Crippen LogP contribution in [-0.4, -0.2) is 21.2 Å². The Labute approximate surface area is 104 Å². The molecule has 1 aromatic heterocycles. The zero-order valence-electron chi connectivity index (χ0n) is 9.88. The lowest BCUT2D eigenvalue weighted by molar-refractivity contribution is 0.0495. The molecule has 0 amide bonds. The molecule has 1 heterocycles. The van der Waals surface area contributed by atoms with Crippen LogP contribution in [0.15, 0.2) is 6.07 Å². The van der Waals surface area contributed by atoms with Crippen LogP contribution in [0.2, 0.25) is 0 Å². The van der Waals surface area contributed by atoms with E-state index in [9.17, 15) is 8.78 Å². The van der Waals surface area contributed by atoms with E-state index in [0.717, 1.165) is 12.1 Å². The highest BCUT2D eigenvalue weighted by molar-refractivity contribution is 6.22. The van der Waals surface area contributed by atoms with Crippen molar-refractivity contribution in [1.29, 1.82) is 0 Å². The largest absolute Gasteiger partial charge is 0.338 e. The molecule has 1 atom stereocenters. The average molecular weight is 267 g/mol.